The molecule has 2 aliphatic carbocycles. The molecule has 2 bridgehead atoms. The molecule has 17 heavy (non-hydrogen) atoms. The Kier molecular flexibility index (Phi) is 4.23. The van der Waals surface area contributed by atoms with Gasteiger partial charge in [0, 0.05) is 13.2 Å². The van der Waals surface area contributed by atoms with E-state index in [2.05, 4.69) is 17.7 Å². The van der Waals surface area contributed by atoms with Crippen LogP contribution < -0.4 is 16.6 Å². The first kappa shape index (κ1) is 12.6. The molecule has 0 heterocycles. The normalized spacial score (nSPS) is 33.8. The Balaban J connectivity index is 1.88. The van der Waals surface area contributed by atoms with Gasteiger partial charge in [0.05, 0.1) is 12.6 Å². The van der Waals surface area contributed by atoms with E-state index in [4.69, 9.17) is 15.6 Å². The molecule has 2 rings (SSSR count). The highest BCUT2D eigenvalue weighted by atomic mass is 16.5. The monoisotopic (exact) mass is 240 g/mol. The molecule has 0 aliphatic heterocycles. The lowest BCUT2D eigenvalue weighted by atomic mass is 9.96. The van der Waals surface area contributed by atoms with Gasteiger partial charge in [-0.1, -0.05) is 6.42 Å². The number of hydrogen-bond acceptors (Lipinski definition) is 3. The van der Waals surface area contributed by atoms with E-state index in [0.717, 1.165) is 11.8 Å². The number of hydrogen-bond donors (Lipinski definition) is 3. The Morgan fingerprint density at radius 2 is 2.29 bits per heavy atom. The van der Waals surface area contributed by atoms with Crippen LogP contribution in [0.3, 0.4) is 0 Å². The fourth-order valence-electron chi connectivity index (χ4n) is 3.18. The van der Waals surface area contributed by atoms with Gasteiger partial charge in [0.1, 0.15) is 0 Å². The molecule has 0 aromatic carbocycles. The van der Waals surface area contributed by atoms with E-state index in [0.29, 0.717) is 18.6 Å². The SMILES string of the molecule is COCC(C)NC(=NC1CC2CCC1C2)NN. The summed E-state index contributed by atoms with van der Waals surface area (Å²) in [5.74, 6) is 7.90. The Labute approximate surface area is 103 Å². The van der Waals surface area contributed by atoms with Gasteiger partial charge in [-0.25, -0.2) is 10.8 Å². The molecule has 4 N–H and O–H groups in total. The summed E-state index contributed by atoms with van der Waals surface area (Å²) in [7, 11) is 1.70. The molecule has 0 amide bonds. The van der Waals surface area contributed by atoms with E-state index in [1.807, 2.05) is 0 Å². The van der Waals surface area contributed by atoms with Crippen LogP contribution in [0.1, 0.15) is 32.6 Å². The average molecular weight is 240 g/mol. The van der Waals surface area contributed by atoms with E-state index in [9.17, 15) is 0 Å². The summed E-state index contributed by atoms with van der Waals surface area (Å²) >= 11 is 0. The molecule has 0 spiro atoms. The van der Waals surface area contributed by atoms with Crippen LogP contribution in [0.2, 0.25) is 0 Å². The van der Waals surface area contributed by atoms with Crippen molar-refractivity contribution >= 4 is 5.96 Å². The molecule has 98 valence electrons. The summed E-state index contributed by atoms with van der Waals surface area (Å²) in [6, 6.07) is 0.676. The molecule has 2 fully saturated rings. The highest BCUT2D eigenvalue weighted by molar-refractivity contribution is 5.79. The predicted molar refractivity (Wildman–Crippen MR) is 68.5 cm³/mol. The van der Waals surface area contributed by atoms with Crippen molar-refractivity contribution in [1.29, 1.82) is 0 Å². The van der Waals surface area contributed by atoms with Gasteiger partial charge in [0.2, 0.25) is 5.96 Å². The Morgan fingerprint density at radius 3 is 2.82 bits per heavy atom. The zero-order valence-corrected chi connectivity index (χ0v) is 10.8. The third kappa shape index (κ3) is 3.10. The van der Waals surface area contributed by atoms with Crippen molar-refractivity contribution < 1.29 is 4.74 Å². The minimum absolute atomic E-state index is 0.216. The lowest BCUT2D eigenvalue weighted by molar-refractivity contribution is 0.179. The number of nitrogens with two attached hydrogens (primary N) is 1. The zero-order valence-electron chi connectivity index (χ0n) is 10.8. The molecule has 0 radical (unpaired) electrons. The quantitative estimate of drug-likeness (QED) is 0.291. The second-order valence-corrected chi connectivity index (χ2v) is 5.36. The molecule has 2 aliphatic rings. The molecule has 4 unspecified atom stereocenters. The van der Waals surface area contributed by atoms with Crippen molar-refractivity contribution in [2.75, 3.05) is 13.7 Å². The fourth-order valence-corrected chi connectivity index (χ4v) is 3.18. The standard InChI is InChI=1S/C12H24N4O/c1-8(7-17-2)14-12(16-13)15-11-6-9-3-4-10(11)5-9/h8-11H,3-7,13H2,1-2H3,(H2,14,15,16). The number of methoxy groups -OCH3 is 1. The summed E-state index contributed by atoms with van der Waals surface area (Å²) in [4.78, 5) is 4.71. The number of nitrogens with zero attached hydrogens (tertiary/aromatic N) is 1. The maximum Gasteiger partial charge on any atom is 0.206 e. The first-order valence-corrected chi connectivity index (χ1v) is 6.52. The minimum atomic E-state index is 0.216. The van der Waals surface area contributed by atoms with Gasteiger partial charge in [-0.3, -0.25) is 5.43 Å². The van der Waals surface area contributed by atoms with Crippen molar-refractivity contribution in [3.8, 4) is 0 Å². The van der Waals surface area contributed by atoms with E-state index in [-0.39, 0.29) is 6.04 Å². The maximum atomic E-state index is 5.51. The highest BCUT2D eigenvalue weighted by Gasteiger charge is 2.39. The number of fused-ring (bicyclic) bond motifs is 2. The molecule has 4 atom stereocenters. The number of guanidine groups is 1. The summed E-state index contributed by atoms with van der Waals surface area (Å²) in [6.07, 6.45) is 5.33. The van der Waals surface area contributed by atoms with Gasteiger partial charge < -0.3 is 10.1 Å². The summed E-state index contributed by atoms with van der Waals surface area (Å²) in [5.41, 5.74) is 2.66. The number of aliphatic imine (C=N–C) groups is 1. The lowest BCUT2D eigenvalue weighted by Crippen LogP contribution is -2.47. The van der Waals surface area contributed by atoms with Gasteiger partial charge in [-0.05, 0) is 38.0 Å². The van der Waals surface area contributed by atoms with Gasteiger partial charge in [0.25, 0.3) is 0 Å². The van der Waals surface area contributed by atoms with Gasteiger partial charge in [-0.15, -0.1) is 0 Å². The number of nitrogens with one attached hydrogen (secondary N) is 2. The van der Waals surface area contributed by atoms with E-state index >= 15 is 0 Å². The van der Waals surface area contributed by atoms with E-state index in [1.165, 1.54) is 25.7 Å². The molecule has 0 saturated heterocycles. The van der Waals surface area contributed by atoms with Gasteiger partial charge in [-0.2, -0.15) is 0 Å². The Hall–Kier alpha value is -0.810. The highest BCUT2D eigenvalue weighted by Crippen LogP contribution is 2.45. The molecule has 0 aromatic rings. The predicted octanol–water partition coefficient (Wildman–Crippen LogP) is 0.619. The molecular weight excluding hydrogens is 216 g/mol. The van der Waals surface area contributed by atoms with Crippen LogP contribution in [-0.4, -0.2) is 31.8 Å². The smallest absolute Gasteiger partial charge is 0.206 e. The molecule has 0 aromatic heterocycles. The largest absolute Gasteiger partial charge is 0.383 e. The maximum absolute atomic E-state index is 5.51. The van der Waals surface area contributed by atoms with Crippen LogP contribution in [0.25, 0.3) is 0 Å². The van der Waals surface area contributed by atoms with E-state index < -0.39 is 0 Å². The molecular formula is C12H24N4O. The number of ether oxygens (including phenoxy) is 1. The van der Waals surface area contributed by atoms with Gasteiger partial charge in [0.15, 0.2) is 0 Å². The second-order valence-electron chi connectivity index (χ2n) is 5.36. The number of rotatable bonds is 4. The molecule has 5 heteroatoms. The topological polar surface area (TPSA) is 71.7 Å². The first-order chi connectivity index (χ1) is 8.22. The van der Waals surface area contributed by atoms with Crippen LogP contribution in [0.15, 0.2) is 4.99 Å². The van der Waals surface area contributed by atoms with Crippen molar-refractivity contribution in [3.05, 3.63) is 0 Å². The van der Waals surface area contributed by atoms with Crippen LogP contribution in [0.4, 0.5) is 0 Å². The average Bonchev–Trinajstić information content (AvgIpc) is 2.90. The number of hydrazine groups is 1. The van der Waals surface area contributed by atoms with Crippen molar-refractivity contribution in [2.24, 2.45) is 22.7 Å². The molecule has 2 saturated carbocycles. The Morgan fingerprint density at radius 1 is 1.47 bits per heavy atom. The zero-order chi connectivity index (χ0) is 12.3. The first-order valence-electron chi connectivity index (χ1n) is 6.52. The fraction of sp³-hybridized carbons (Fsp3) is 0.917. The third-order valence-electron chi connectivity index (χ3n) is 3.93. The van der Waals surface area contributed by atoms with Gasteiger partial charge >= 0.3 is 0 Å². The third-order valence-corrected chi connectivity index (χ3v) is 3.93. The Bertz CT molecular complexity index is 282. The minimum Gasteiger partial charge on any atom is -0.383 e. The summed E-state index contributed by atoms with van der Waals surface area (Å²) in [6.45, 7) is 2.70. The van der Waals surface area contributed by atoms with Crippen molar-refractivity contribution in [2.45, 2.75) is 44.7 Å². The van der Waals surface area contributed by atoms with Crippen molar-refractivity contribution in [3.63, 3.8) is 0 Å². The van der Waals surface area contributed by atoms with E-state index in [1.54, 1.807) is 7.11 Å². The molecule has 5 nitrogen and oxygen atoms in total. The van der Waals surface area contributed by atoms with Crippen LogP contribution in [0, 0.1) is 11.8 Å². The second kappa shape index (κ2) is 5.69. The summed E-state index contributed by atoms with van der Waals surface area (Å²) < 4.78 is 5.08. The lowest BCUT2D eigenvalue weighted by Gasteiger charge is -2.21. The summed E-state index contributed by atoms with van der Waals surface area (Å²) in [5, 5.41) is 3.24. The van der Waals surface area contributed by atoms with Crippen LogP contribution in [0.5, 0.6) is 0 Å². The van der Waals surface area contributed by atoms with Crippen LogP contribution >= 0.6 is 0 Å². The van der Waals surface area contributed by atoms with Crippen molar-refractivity contribution in [1.82, 2.24) is 10.7 Å². The van der Waals surface area contributed by atoms with Crippen LogP contribution in [-0.2, 0) is 4.74 Å².